The lowest BCUT2D eigenvalue weighted by atomic mass is 9.58. The lowest BCUT2D eigenvalue weighted by Crippen LogP contribution is -2.58. The number of likely N-dealkylation sites (tertiary alicyclic amines) is 2. The van der Waals surface area contributed by atoms with Gasteiger partial charge < -0.3 is 30.9 Å². The average molecular weight is 681 g/mol. The van der Waals surface area contributed by atoms with Crippen LogP contribution < -0.4 is 21.3 Å². The zero-order valence-corrected chi connectivity index (χ0v) is 28.6. The van der Waals surface area contributed by atoms with Crippen LogP contribution in [0.25, 0.3) is 0 Å². The number of primary amides is 1. The van der Waals surface area contributed by atoms with E-state index in [1.807, 2.05) is 23.1 Å². The SMILES string of the molecule is COC(=O)N[C@H]1CCC[C@@H]1[C@](CNC(C)=O)(c1cccc(F)c1)C1CCN(CC2CN(c3ccc(C(N)=O)c(CN4CC(F)C4)c3)C2)CC1. The number of nitrogens with two attached hydrogens (primary N) is 1. The first kappa shape index (κ1) is 35.1. The van der Waals surface area contributed by atoms with Crippen molar-refractivity contribution in [3.63, 3.8) is 0 Å². The second-order valence-corrected chi connectivity index (χ2v) is 14.6. The zero-order valence-electron chi connectivity index (χ0n) is 28.6. The van der Waals surface area contributed by atoms with E-state index in [-0.39, 0.29) is 29.6 Å². The number of benzene rings is 2. The molecule has 4 fully saturated rings. The smallest absolute Gasteiger partial charge is 0.407 e. The van der Waals surface area contributed by atoms with Gasteiger partial charge in [-0.05, 0) is 92.1 Å². The van der Waals surface area contributed by atoms with Crippen LogP contribution in [-0.2, 0) is 21.5 Å². The molecule has 3 amide bonds. The number of alkyl carbamates (subject to hydrolysis) is 1. The third kappa shape index (κ3) is 7.70. The number of halogens is 2. The Morgan fingerprint density at radius 3 is 2.41 bits per heavy atom. The second kappa shape index (κ2) is 15.0. The topological polar surface area (TPSA) is 120 Å². The lowest BCUT2D eigenvalue weighted by molar-refractivity contribution is -0.119. The monoisotopic (exact) mass is 680 g/mol. The molecule has 3 saturated heterocycles. The molecule has 0 unspecified atom stereocenters. The van der Waals surface area contributed by atoms with Gasteiger partial charge in [-0.2, -0.15) is 0 Å². The molecule has 3 aliphatic heterocycles. The largest absolute Gasteiger partial charge is 0.453 e. The summed E-state index contributed by atoms with van der Waals surface area (Å²) in [7, 11) is 1.36. The minimum Gasteiger partial charge on any atom is -0.453 e. The van der Waals surface area contributed by atoms with Crippen LogP contribution in [0.2, 0.25) is 0 Å². The van der Waals surface area contributed by atoms with Crippen molar-refractivity contribution in [2.24, 2.45) is 23.5 Å². The third-order valence-corrected chi connectivity index (χ3v) is 11.5. The molecule has 0 radical (unpaired) electrons. The fourth-order valence-electron chi connectivity index (χ4n) is 9.06. The third-order valence-electron chi connectivity index (χ3n) is 11.5. The normalized spacial score (nSPS) is 23.7. The summed E-state index contributed by atoms with van der Waals surface area (Å²) < 4.78 is 33.2. The number of hydrogen-bond donors (Lipinski definition) is 3. The Hall–Kier alpha value is -3.77. The van der Waals surface area contributed by atoms with Crippen LogP contribution >= 0.6 is 0 Å². The summed E-state index contributed by atoms with van der Waals surface area (Å²) in [6.45, 7) is 7.73. The van der Waals surface area contributed by atoms with Crippen molar-refractivity contribution < 1.29 is 27.9 Å². The fraction of sp³-hybridized carbons (Fsp3) is 0.595. The number of piperidine rings is 1. The van der Waals surface area contributed by atoms with Crippen LogP contribution in [-0.4, -0.2) is 99.4 Å². The zero-order chi connectivity index (χ0) is 34.7. The van der Waals surface area contributed by atoms with Gasteiger partial charge in [0.05, 0.1) is 7.11 Å². The van der Waals surface area contributed by atoms with Gasteiger partial charge in [-0.1, -0.05) is 18.6 Å². The van der Waals surface area contributed by atoms with Gasteiger partial charge >= 0.3 is 6.09 Å². The maximum Gasteiger partial charge on any atom is 0.407 e. The summed E-state index contributed by atoms with van der Waals surface area (Å²) in [6.07, 6.45) is 3.09. The molecule has 12 heteroatoms. The van der Waals surface area contributed by atoms with Gasteiger partial charge in [-0.25, -0.2) is 13.6 Å². The first-order valence-electron chi connectivity index (χ1n) is 17.7. The number of anilines is 1. The maximum atomic E-state index is 14.9. The minimum atomic E-state index is -0.806. The van der Waals surface area contributed by atoms with E-state index in [0.29, 0.717) is 37.7 Å². The number of carbonyl (C=O) groups excluding carboxylic acids is 3. The molecule has 266 valence electrons. The van der Waals surface area contributed by atoms with Crippen molar-refractivity contribution in [2.45, 2.75) is 63.2 Å². The molecule has 10 nitrogen and oxygen atoms in total. The number of carbonyl (C=O) groups is 3. The Morgan fingerprint density at radius 2 is 1.76 bits per heavy atom. The molecule has 1 aliphatic carbocycles. The number of methoxy groups -OCH3 is 1. The van der Waals surface area contributed by atoms with Crippen LogP contribution in [0.4, 0.5) is 19.3 Å². The summed E-state index contributed by atoms with van der Waals surface area (Å²) >= 11 is 0. The van der Waals surface area contributed by atoms with E-state index in [1.54, 1.807) is 18.2 Å². The predicted octanol–water partition coefficient (Wildman–Crippen LogP) is 3.83. The molecule has 0 spiro atoms. The van der Waals surface area contributed by atoms with E-state index in [9.17, 15) is 23.2 Å². The molecule has 2 aromatic carbocycles. The van der Waals surface area contributed by atoms with E-state index in [4.69, 9.17) is 10.5 Å². The first-order chi connectivity index (χ1) is 23.5. The van der Waals surface area contributed by atoms with Crippen molar-refractivity contribution >= 4 is 23.6 Å². The molecule has 4 N–H and O–H groups in total. The Bertz CT molecular complexity index is 1510. The van der Waals surface area contributed by atoms with Gasteiger partial charge in [-0.15, -0.1) is 0 Å². The molecular formula is C37H50F2N6O4. The molecule has 4 aliphatic rings. The van der Waals surface area contributed by atoms with Crippen LogP contribution in [0.5, 0.6) is 0 Å². The average Bonchev–Trinajstić information content (AvgIpc) is 3.50. The highest BCUT2D eigenvalue weighted by Gasteiger charge is 2.52. The predicted molar refractivity (Wildman–Crippen MR) is 183 cm³/mol. The van der Waals surface area contributed by atoms with Gasteiger partial charge in [0.1, 0.15) is 12.0 Å². The first-order valence-corrected chi connectivity index (χ1v) is 17.7. The van der Waals surface area contributed by atoms with Crippen molar-refractivity contribution in [1.29, 1.82) is 0 Å². The van der Waals surface area contributed by atoms with Gasteiger partial charge in [0.25, 0.3) is 0 Å². The summed E-state index contributed by atoms with van der Waals surface area (Å²) in [6, 6.07) is 12.4. The maximum absolute atomic E-state index is 14.9. The number of nitrogens with one attached hydrogen (secondary N) is 2. The number of nitrogens with zero attached hydrogens (tertiary/aromatic N) is 3. The highest BCUT2D eigenvalue weighted by atomic mass is 19.1. The molecule has 0 bridgehead atoms. The number of hydrogen-bond acceptors (Lipinski definition) is 7. The molecule has 3 atom stereocenters. The summed E-state index contributed by atoms with van der Waals surface area (Å²) in [5, 5.41) is 6.18. The quantitative estimate of drug-likeness (QED) is 0.312. The van der Waals surface area contributed by atoms with E-state index in [0.717, 1.165) is 81.6 Å². The van der Waals surface area contributed by atoms with Crippen molar-refractivity contribution in [3.05, 3.63) is 65.0 Å². The Morgan fingerprint density at radius 1 is 1.00 bits per heavy atom. The summed E-state index contributed by atoms with van der Waals surface area (Å²) in [4.78, 5) is 43.6. The Kier molecular flexibility index (Phi) is 10.7. The fourth-order valence-corrected chi connectivity index (χ4v) is 9.06. The number of rotatable bonds is 12. The van der Waals surface area contributed by atoms with E-state index < -0.39 is 23.6 Å². The van der Waals surface area contributed by atoms with E-state index in [2.05, 4.69) is 20.4 Å². The Balaban J connectivity index is 1.13. The Labute approximate surface area is 287 Å². The molecule has 2 aromatic rings. The second-order valence-electron chi connectivity index (χ2n) is 14.6. The number of amides is 3. The molecule has 6 rings (SSSR count). The molecular weight excluding hydrogens is 630 g/mol. The highest BCUT2D eigenvalue weighted by molar-refractivity contribution is 5.94. The van der Waals surface area contributed by atoms with E-state index >= 15 is 0 Å². The summed E-state index contributed by atoms with van der Waals surface area (Å²) in [5.41, 5.74) is 8.34. The molecule has 49 heavy (non-hydrogen) atoms. The van der Waals surface area contributed by atoms with Crippen LogP contribution in [0.15, 0.2) is 42.5 Å². The molecule has 0 aromatic heterocycles. The number of ether oxygens (including phenoxy) is 1. The van der Waals surface area contributed by atoms with Gasteiger partial charge in [0, 0.05) is 81.4 Å². The van der Waals surface area contributed by atoms with Gasteiger partial charge in [0.15, 0.2) is 0 Å². The van der Waals surface area contributed by atoms with Crippen LogP contribution in [0, 0.1) is 23.6 Å². The van der Waals surface area contributed by atoms with Crippen LogP contribution in [0.3, 0.4) is 0 Å². The number of alkyl halides is 1. The summed E-state index contributed by atoms with van der Waals surface area (Å²) in [5.74, 6) is -0.241. The van der Waals surface area contributed by atoms with Crippen molar-refractivity contribution in [1.82, 2.24) is 20.4 Å². The molecule has 3 heterocycles. The van der Waals surface area contributed by atoms with Crippen LogP contribution in [0.1, 0.15) is 60.5 Å². The van der Waals surface area contributed by atoms with Crippen molar-refractivity contribution in [2.75, 3.05) is 64.4 Å². The lowest BCUT2D eigenvalue weighted by Gasteiger charge is -2.51. The minimum absolute atomic E-state index is 0.00215. The van der Waals surface area contributed by atoms with Gasteiger partial charge in [0.2, 0.25) is 11.8 Å². The highest BCUT2D eigenvalue weighted by Crippen LogP contribution is 2.50. The van der Waals surface area contributed by atoms with E-state index in [1.165, 1.54) is 20.1 Å². The molecule has 1 saturated carbocycles. The van der Waals surface area contributed by atoms with Gasteiger partial charge in [-0.3, -0.25) is 14.5 Å². The van der Waals surface area contributed by atoms with Crippen molar-refractivity contribution in [3.8, 4) is 0 Å². The standard InChI is InChI=1S/C37H50F2N6O4/c1-24(46)41-23-37(28-5-3-6-29(38)16-28,33-7-4-8-34(33)42-36(48)49-2)27-11-13-43(14-12-27)17-25-18-45(19-25)31-9-10-32(35(40)47)26(15-31)20-44-21-30(39)22-44/h3,5-6,9-10,15-16,25,27,30,33-34H,4,7-8,11-14,17-23H2,1-2H3,(H2,40,47)(H,41,46)(H,42,48)/t33-,34-,37-/m0/s1.